The molecule has 0 unspecified atom stereocenters. The predicted molar refractivity (Wildman–Crippen MR) is 128 cm³/mol. The van der Waals surface area contributed by atoms with Crippen molar-refractivity contribution in [1.82, 2.24) is 10.2 Å². The van der Waals surface area contributed by atoms with Crippen LogP contribution in [0.4, 0.5) is 10.5 Å². The van der Waals surface area contributed by atoms with Crippen molar-refractivity contribution in [3.63, 3.8) is 0 Å². The molecule has 3 rings (SSSR count). The summed E-state index contributed by atoms with van der Waals surface area (Å²) in [6.07, 6.45) is 3.70. The van der Waals surface area contributed by atoms with E-state index < -0.39 is 5.60 Å². The Kier molecular flexibility index (Phi) is 6.96. The second-order valence-corrected chi connectivity index (χ2v) is 8.66. The Morgan fingerprint density at radius 1 is 1.19 bits per heavy atom. The van der Waals surface area contributed by atoms with Crippen molar-refractivity contribution in [2.24, 2.45) is 4.99 Å². The Morgan fingerprint density at radius 2 is 1.84 bits per heavy atom. The van der Waals surface area contributed by atoms with Crippen molar-refractivity contribution in [3.8, 4) is 11.1 Å². The van der Waals surface area contributed by atoms with Crippen molar-refractivity contribution in [2.75, 3.05) is 13.1 Å². The SMILES string of the molecule is C=C(C=Nc1c(-c2ccc(C)cc2)ccc(CC)c1C)NC(=O)N1CCC(C)(O)CC1. The first kappa shape index (κ1) is 22.8. The average Bonchev–Trinajstić information content (AvgIpc) is 2.73. The van der Waals surface area contributed by atoms with E-state index in [1.807, 2.05) is 6.92 Å². The van der Waals surface area contributed by atoms with Gasteiger partial charge >= 0.3 is 6.03 Å². The lowest BCUT2D eigenvalue weighted by Gasteiger charge is -2.35. The number of nitrogens with one attached hydrogen (secondary N) is 1. The topological polar surface area (TPSA) is 64.9 Å². The lowest BCUT2D eigenvalue weighted by Crippen LogP contribution is -2.48. The molecule has 1 fully saturated rings. The number of hydrogen-bond acceptors (Lipinski definition) is 3. The maximum atomic E-state index is 12.5. The third kappa shape index (κ3) is 5.61. The van der Waals surface area contributed by atoms with Gasteiger partial charge in [0.25, 0.3) is 0 Å². The molecule has 0 atom stereocenters. The van der Waals surface area contributed by atoms with E-state index in [0.717, 1.165) is 28.8 Å². The molecule has 1 saturated heterocycles. The van der Waals surface area contributed by atoms with E-state index in [4.69, 9.17) is 4.99 Å². The Bertz CT molecular complexity index is 980. The van der Waals surface area contributed by atoms with Crippen molar-refractivity contribution in [3.05, 3.63) is 65.4 Å². The van der Waals surface area contributed by atoms with Crippen LogP contribution >= 0.6 is 0 Å². The van der Waals surface area contributed by atoms with Gasteiger partial charge < -0.3 is 15.3 Å². The lowest BCUT2D eigenvalue weighted by atomic mass is 9.94. The highest BCUT2D eigenvalue weighted by Crippen LogP contribution is 2.35. The van der Waals surface area contributed by atoms with Crippen LogP contribution in [0.3, 0.4) is 0 Å². The van der Waals surface area contributed by atoms with Crippen LogP contribution in [0.5, 0.6) is 0 Å². The van der Waals surface area contributed by atoms with Gasteiger partial charge in [-0.3, -0.25) is 4.99 Å². The average molecular weight is 420 g/mol. The smallest absolute Gasteiger partial charge is 0.321 e. The highest BCUT2D eigenvalue weighted by atomic mass is 16.3. The van der Waals surface area contributed by atoms with E-state index >= 15 is 0 Å². The van der Waals surface area contributed by atoms with Gasteiger partial charge in [-0.05, 0) is 56.7 Å². The van der Waals surface area contributed by atoms with Gasteiger partial charge in [0.05, 0.1) is 23.2 Å². The van der Waals surface area contributed by atoms with E-state index in [1.165, 1.54) is 11.1 Å². The summed E-state index contributed by atoms with van der Waals surface area (Å²) < 4.78 is 0. The molecule has 0 bridgehead atoms. The molecule has 5 heteroatoms. The van der Waals surface area contributed by atoms with Crippen LogP contribution in [0.2, 0.25) is 0 Å². The third-order valence-electron chi connectivity index (χ3n) is 6.03. The molecule has 0 spiro atoms. The Labute approximate surface area is 185 Å². The van der Waals surface area contributed by atoms with Crippen LogP contribution in [0.1, 0.15) is 43.4 Å². The van der Waals surface area contributed by atoms with Crippen molar-refractivity contribution >= 4 is 17.9 Å². The zero-order valence-corrected chi connectivity index (χ0v) is 19.0. The van der Waals surface area contributed by atoms with Gasteiger partial charge in [-0.15, -0.1) is 0 Å². The number of urea groups is 1. The fourth-order valence-electron chi connectivity index (χ4n) is 3.84. The van der Waals surface area contributed by atoms with E-state index in [2.05, 4.69) is 69.1 Å². The fourth-order valence-corrected chi connectivity index (χ4v) is 3.84. The number of aryl methyl sites for hydroxylation is 2. The predicted octanol–water partition coefficient (Wildman–Crippen LogP) is 5.31. The summed E-state index contributed by atoms with van der Waals surface area (Å²) in [6.45, 7) is 13.1. The highest BCUT2D eigenvalue weighted by molar-refractivity contribution is 5.90. The first-order chi connectivity index (χ1) is 14.7. The summed E-state index contributed by atoms with van der Waals surface area (Å²) in [7, 11) is 0. The molecule has 2 aromatic rings. The van der Waals surface area contributed by atoms with Gasteiger partial charge in [-0.25, -0.2) is 4.79 Å². The summed E-state index contributed by atoms with van der Waals surface area (Å²) in [5.41, 5.74) is 6.41. The molecule has 1 heterocycles. The minimum absolute atomic E-state index is 0.204. The van der Waals surface area contributed by atoms with Crippen LogP contribution in [-0.4, -0.2) is 40.9 Å². The van der Waals surface area contributed by atoms with E-state index in [-0.39, 0.29) is 6.03 Å². The molecule has 0 aromatic heterocycles. The molecule has 164 valence electrons. The number of hydrogen-bond donors (Lipinski definition) is 2. The number of nitrogens with zero attached hydrogens (tertiary/aromatic N) is 2. The summed E-state index contributed by atoms with van der Waals surface area (Å²) in [5.74, 6) is 0. The molecule has 1 aliphatic heterocycles. The second-order valence-electron chi connectivity index (χ2n) is 8.66. The zero-order chi connectivity index (χ0) is 22.6. The summed E-state index contributed by atoms with van der Waals surface area (Å²) in [4.78, 5) is 19.0. The van der Waals surface area contributed by atoms with E-state index in [9.17, 15) is 9.90 Å². The highest BCUT2D eigenvalue weighted by Gasteiger charge is 2.29. The standard InChI is InChI=1S/C26H33N3O2/c1-6-21-11-12-23(22-9-7-18(2)8-10-22)24(20(21)4)27-17-19(3)28-25(30)29-15-13-26(5,31)14-16-29/h7-12,17,31H,3,6,13-16H2,1-2,4-5H3,(H,28,30). The quantitative estimate of drug-likeness (QED) is 0.646. The number of piperidine rings is 1. The minimum Gasteiger partial charge on any atom is -0.390 e. The molecular formula is C26H33N3O2. The normalized spacial score (nSPS) is 15.8. The fraction of sp³-hybridized carbons (Fsp3) is 0.385. The van der Waals surface area contributed by atoms with Gasteiger partial charge in [0.2, 0.25) is 0 Å². The number of allylic oxidation sites excluding steroid dienone is 1. The van der Waals surface area contributed by atoms with Gasteiger partial charge in [0.15, 0.2) is 0 Å². The Hall–Kier alpha value is -2.92. The van der Waals surface area contributed by atoms with Crippen molar-refractivity contribution in [2.45, 2.75) is 52.6 Å². The first-order valence-corrected chi connectivity index (χ1v) is 10.9. The van der Waals surface area contributed by atoms with Crippen LogP contribution < -0.4 is 5.32 Å². The molecule has 2 aromatic carbocycles. The zero-order valence-electron chi connectivity index (χ0n) is 19.0. The molecule has 0 aliphatic carbocycles. The number of carbonyl (C=O) groups is 1. The molecule has 0 saturated carbocycles. The van der Waals surface area contributed by atoms with Gasteiger partial charge in [0, 0.05) is 18.7 Å². The number of likely N-dealkylation sites (tertiary alicyclic amines) is 1. The maximum Gasteiger partial charge on any atom is 0.321 e. The molecule has 1 aliphatic rings. The summed E-state index contributed by atoms with van der Waals surface area (Å²) >= 11 is 0. The Morgan fingerprint density at radius 3 is 2.45 bits per heavy atom. The van der Waals surface area contributed by atoms with Crippen LogP contribution in [0.25, 0.3) is 11.1 Å². The van der Waals surface area contributed by atoms with Crippen LogP contribution in [0, 0.1) is 13.8 Å². The number of aliphatic hydroxyl groups is 1. The summed E-state index contributed by atoms with van der Waals surface area (Å²) in [5, 5.41) is 12.9. The summed E-state index contributed by atoms with van der Waals surface area (Å²) in [6, 6.07) is 12.5. The molecule has 2 amide bonds. The van der Waals surface area contributed by atoms with E-state index in [0.29, 0.717) is 31.6 Å². The van der Waals surface area contributed by atoms with Crippen LogP contribution in [-0.2, 0) is 6.42 Å². The van der Waals surface area contributed by atoms with Crippen molar-refractivity contribution < 1.29 is 9.90 Å². The lowest BCUT2D eigenvalue weighted by molar-refractivity contribution is 0.00467. The molecule has 2 N–H and O–H groups in total. The molecule has 31 heavy (non-hydrogen) atoms. The van der Waals surface area contributed by atoms with Crippen LogP contribution in [0.15, 0.2) is 53.7 Å². The van der Waals surface area contributed by atoms with E-state index in [1.54, 1.807) is 11.1 Å². The van der Waals surface area contributed by atoms with Gasteiger partial charge in [-0.2, -0.15) is 0 Å². The third-order valence-corrected chi connectivity index (χ3v) is 6.03. The molecule has 5 nitrogen and oxygen atoms in total. The Balaban J connectivity index is 1.78. The number of benzene rings is 2. The van der Waals surface area contributed by atoms with Gasteiger partial charge in [0.1, 0.15) is 0 Å². The maximum absolute atomic E-state index is 12.5. The largest absolute Gasteiger partial charge is 0.390 e. The first-order valence-electron chi connectivity index (χ1n) is 10.9. The molecular weight excluding hydrogens is 386 g/mol. The monoisotopic (exact) mass is 419 g/mol. The number of carbonyl (C=O) groups excluding carboxylic acids is 1. The van der Waals surface area contributed by atoms with Crippen molar-refractivity contribution in [1.29, 1.82) is 0 Å². The number of aliphatic imine (C=N–C) groups is 1. The number of amides is 2. The number of rotatable bonds is 5. The van der Waals surface area contributed by atoms with Gasteiger partial charge in [-0.1, -0.05) is 55.5 Å². The second kappa shape index (κ2) is 9.48. The minimum atomic E-state index is -0.691. The molecule has 0 radical (unpaired) electrons.